The van der Waals surface area contributed by atoms with Gasteiger partial charge in [-0.3, -0.25) is 9.89 Å². The highest BCUT2D eigenvalue weighted by Gasteiger charge is 2.21. The molecule has 0 atom stereocenters. The van der Waals surface area contributed by atoms with E-state index in [2.05, 4.69) is 44.4 Å². The number of nitrogens with one attached hydrogen (secondary N) is 1. The first-order valence-electron chi connectivity index (χ1n) is 10.4. The minimum absolute atomic E-state index is 0.170. The van der Waals surface area contributed by atoms with Crippen molar-refractivity contribution < 1.29 is 12.8 Å². The molecule has 0 aromatic heterocycles. The van der Waals surface area contributed by atoms with Crippen molar-refractivity contribution in [2.75, 3.05) is 52.1 Å². The Bertz CT molecular complexity index is 1000. The lowest BCUT2D eigenvalue weighted by molar-refractivity contribution is 0.194. The van der Waals surface area contributed by atoms with E-state index in [0.29, 0.717) is 5.96 Å². The Balaban J connectivity index is 1.44. The van der Waals surface area contributed by atoms with E-state index in [1.165, 1.54) is 23.8 Å². The van der Waals surface area contributed by atoms with Crippen LogP contribution in [-0.4, -0.2) is 76.2 Å². The van der Waals surface area contributed by atoms with Gasteiger partial charge in [0.05, 0.1) is 5.75 Å². The lowest BCUT2D eigenvalue weighted by atomic mass is 10.2. The number of piperazine rings is 1. The summed E-state index contributed by atoms with van der Waals surface area (Å²) in [5, 5.41) is 3.11. The van der Waals surface area contributed by atoms with Gasteiger partial charge in [-0.2, -0.15) is 0 Å². The first-order valence-corrected chi connectivity index (χ1v) is 12.0. The highest BCUT2D eigenvalue weighted by molar-refractivity contribution is 7.91. The fraction of sp³-hybridized carbons (Fsp3) is 0.348. The van der Waals surface area contributed by atoms with Crippen molar-refractivity contribution in [3.8, 4) is 0 Å². The van der Waals surface area contributed by atoms with Gasteiger partial charge in [-0.15, -0.1) is 0 Å². The summed E-state index contributed by atoms with van der Waals surface area (Å²) in [5.74, 6) is -0.246. The molecular formula is C23H29FN4O2S. The molecule has 31 heavy (non-hydrogen) atoms. The fourth-order valence-electron chi connectivity index (χ4n) is 3.48. The van der Waals surface area contributed by atoms with Crippen molar-refractivity contribution in [2.24, 2.45) is 4.99 Å². The lowest BCUT2D eigenvalue weighted by Gasteiger charge is -2.36. The van der Waals surface area contributed by atoms with E-state index in [1.807, 2.05) is 18.2 Å². The van der Waals surface area contributed by atoms with E-state index in [9.17, 15) is 12.8 Å². The third-order valence-electron chi connectivity index (χ3n) is 5.18. The van der Waals surface area contributed by atoms with Crippen LogP contribution in [-0.2, 0) is 9.84 Å². The molecule has 0 saturated carbocycles. The number of guanidine groups is 1. The van der Waals surface area contributed by atoms with E-state index < -0.39 is 15.7 Å². The van der Waals surface area contributed by atoms with Crippen LogP contribution in [0.5, 0.6) is 0 Å². The average Bonchev–Trinajstić information content (AvgIpc) is 2.78. The molecule has 0 bridgehead atoms. The third kappa shape index (κ3) is 6.63. The molecule has 8 heteroatoms. The highest BCUT2D eigenvalue weighted by atomic mass is 32.2. The molecule has 6 nitrogen and oxygen atoms in total. The zero-order chi connectivity index (χ0) is 22.1. The van der Waals surface area contributed by atoms with Crippen molar-refractivity contribution in [1.82, 2.24) is 15.1 Å². The number of benzene rings is 2. The number of aliphatic imine (C=N–C) groups is 1. The maximum atomic E-state index is 13.8. The number of halogens is 1. The number of hydrogen-bond acceptors (Lipinski definition) is 4. The smallest absolute Gasteiger partial charge is 0.193 e. The maximum absolute atomic E-state index is 13.8. The quantitative estimate of drug-likeness (QED) is 0.525. The van der Waals surface area contributed by atoms with Gasteiger partial charge in [0.15, 0.2) is 15.8 Å². The van der Waals surface area contributed by atoms with Crippen molar-refractivity contribution in [1.29, 1.82) is 0 Å². The molecule has 1 saturated heterocycles. The predicted molar refractivity (Wildman–Crippen MR) is 123 cm³/mol. The summed E-state index contributed by atoms with van der Waals surface area (Å²) < 4.78 is 38.6. The molecule has 1 heterocycles. The summed E-state index contributed by atoms with van der Waals surface area (Å²) in [6.07, 6.45) is 4.30. The molecule has 0 spiro atoms. The summed E-state index contributed by atoms with van der Waals surface area (Å²) in [6.45, 7) is 4.46. The van der Waals surface area contributed by atoms with Gasteiger partial charge in [0.1, 0.15) is 10.7 Å². The van der Waals surface area contributed by atoms with E-state index in [0.717, 1.165) is 38.8 Å². The summed E-state index contributed by atoms with van der Waals surface area (Å²) >= 11 is 0. The Hall–Kier alpha value is -2.71. The van der Waals surface area contributed by atoms with Gasteiger partial charge in [-0.05, 0) is 17.7 Å². The second-order valence-electron chi connectivity index (χ2n) is 7.32. The molecule has 0 unspecified atom stereocenters. The predicted octanol–water partition coefficient (Wildman–Crippen LogP) is 2.51. The van der Waals surface area contributed by atoms with Gasteiger partial charge in [0.25, 0.3) is 0 Å². The lowest BCUT2D eigenvalue weighted by Crippen LogP contribution is -2.52. The summed E-state index contributed by atoms with van der Waals surface area (Å²) in [5.41, 5.74) is 1.19. The zero-order valence-corrected chi connectivity index (χ0v) is 18.6. The fourth-order valence-corrected chi connectivity index (χ4v) is 4.72. The van der Waals surface area contributed by atoms with E-state index in [1.54, 1.807) is 7.05 Å². The molecule has 0 aliphatic carbocycles. The number of rotatable bonds is 7. The Labute approximate surface area is 184 Å². The van der Waals surface area contributed by atoms with Gasteiger partial charge < -0.3 is 10.2 Å². The van der Waals surface area contributed by atoms with Crippen molar-refractivity contribution >= 4 is 21.9 Å². The average molecular weight is 445 g/mol. The van der Waals surface area contributed by atoms with Crippen LogP contribution in [0.15, 0.2) is 70.6 Å². The Morgan fingerprint density at radius 2 is 1.74 bits per heavy atom. The number of nitrogens with zero attached hydrogens (tertiary/aromatic N) is 3. The second kappa shape index (κ2) is 11.1. The molecular weight excluding hydrogens is 415 g/mol. The maximum Gasteiger partial charge on any atom is 0.193 e. The summed E-state index contributed by atoms with van der Waals surface area (Å²) in [6, 6.07) is 15.7. The first kappa shape index (κ1) is 23.0. The Morgan fingerprint density at radius 1 is 1.06 bits per heavy atom. The second-order valence-corrected chi connectivity index (χ2v) is 9.40. The monoisotopic (exact) mass is 444 g/mol. The standard InChI is InChI=1S/C23H29FN4O2S/c1-25-23(26-13-19-31(29,30)22-12-6-5-11-21(22)24)28-17-15-27(16-18-28)14-7-10-20-8-3-2-4-9-20/h2-12H,13-19H2,1H3,(H,25,26)/b10-7+. The first-order chi connectivity index (χ1) is 15.0. The van der Waals surface area contributed by atoms with Crippen LogP contribution in [0, 0.1) is 5.82 Å². The minimum atomic E-state index is -3.69. The van der Waals surface area contributed by atoms with Crippen LogP contribution < -0.4 is 5.32 Å². The third-order valence-corrected chi connectivity index (χ3v) is 6.93. The molecule has 2 aromatic carbocycles. The van der Waals surface area contributed by atoms with Crippen LogP contribution in [0.1, 0.15) is 5.56 Å². The van der Waals surface area contributed by atoms with Crippen LogP contribution in [0.3, 0.4) is 0 Å². The van der Waals surface area contributed by atoms with Gasteiger partial charge >= 0.3 is 0 Å². The van der Waals surface area contributed by atoms with Gasteiger partial charge in [0, 0.05) is 46.3 Å². The molecule has 0 radical (unpaired) electrons. The molecule has 1 fully saturated rings. The normalized spacial score (nSPS) is 16.1. The molecule has 1 N–H and O–H groups in total. The van der Waals surface area contributed by atoms with Gasteiger partial charge in [0.2, 0.25) is 0 Å². The number of sulfone groups is 1. The van der Waals surface area contributed by atoms with Crippen molar-refractivity contribution in [3.05, 3.63) is 72.1 Å². The van der Waals surface area contributed by atoms with Crippen LogP contribution in [0.2, 0.25) is 0 Å². The highest BCUT2D eigenvalue weighted by Crippen LogP contribution is 2.14. The topological polar surface area (TPSA) is 65.0 Å². The minimum Gasteiger partial charge on any atom is -0.355 e. The Morgan fingerprint density at radius 3 is 2.42 bits per heavy atom. The van der Waals surface area contributed by atoms with Crippen LogP contribution in [0.4, 0.5) is 4.39 Å². The largest absolute Gasteiger partial charge is 0.355 e. The molecule has 1 aliphatic heterocycles. The Kier molecular flexibility index (Phi) is 8.20. The van der Waals surface area contributed by atoms with Crippen LogP contribution >= 0.6 is 0 Å². The molecule has 2 aromatic rings. The van der Waals surface area contributed by atoms with E-state index >= 15 is 0 Å². The molecule has 3 rings (SSSR count). The SMILES string of the molecule is CN=C(NCCS(=O)(=O)c1ccccc1F)N1CCN(C/C=C/c2ccccc2)CC1. The van der Waals surface area contributed by atoms with Gasteiger partial charge in [-0.25, -0.2) is 12.8 Å². The van der Waals surface area contributed by atoms with Crippen LogP contribution in [0.25, 0.3) is 6.08 Å². The number of hydrogen-bond donors (Lipinski definition) is 1. The van der Waals surface area contributed by atoms with Crippen molar-refractivity contribution in [2.45, 2.75) is 4.90 Å². The zero-order valence-electron chi connectivity index (χ0n) is 17.7. The van der Waals surface area contributed by atoms with E-state index in [-0.39, 0.29) is 17.2 Å². The van der Waals surface area contributed by atoms with E-state index in [4.69, 9.17) is 0 Å². The summed E-state index contributed by atoms with van der Waals surface area (Å²) in [7, 11) is -2.01. The van der Waals surface area contributed by atoms with Gasteiger partial charge in [-0.1, -0.05) is 54.6 Å². The summed E-state index contributed by atoms with van der Waals surface area (Å²) in [4.78, 5) is 8.50. The molecule has 0 amide bonds. The molecule has 166 valence electrons. The van der Waals surface area contributed by atoms with Crippen molar-refractivity contribution in [3.63, 3.8) is 0 Å². The molecule has 1 aliphatic rings.